The lowest BCUT2D eigenvalue weighted by atomic mass is 10.0. The van der Waals surface area contributed by atoms with Gasteiger partial charge in [-0.15, -0.1) is 0 Å². The first kappa shape index (κ1) is 17.0. The summed E-state index contributed by atoms with van der Waals surface area (Å²) in [5.41, 5.74) is -1.45. The molecule has 132 valence electrons. The van der Waals surface area contributed by atoms with Gasteiger partial charge in [0.2, 0.25) is 0 Å². The monoisotopic (exact) mass is 356 g/mol. The van der Waals surface area contributed by atoms with E-state index in [4.69, 9.17) is 0 Å². The minimum atomic E-state index is -4.67. The summed E-state index contributed by atoms with van der Waals surface area (Å²) in [5.74, 6) is -3.07. The molecule has 0 spiro atoms. The number of rotatable bonds is 3. The van der Waals surface area contributed by atoms with Crippen molar-refractivity contribution in [2.75, 3.05) is 5.32 Å². The first-order valence-corrected chi connectivity index (χ1v) is 7.28. The van der Waals surface area contributed by atoms with E-state index in [-0.39, 0.29) is 30.0 Å². The summed E-state index contributed by atoms with van der Waals surface area (Å²) in [4.78, 5) is 23.3. The van der Waals surface area contributed by atoms with Crippen LogP contribution in [-0.2, 0) is 17.5 Å². The smallest absolute Gasteiger partial charge is 0.416 e. The highest BCUT2D eigenvalue weighted by atomic mass is 19.4. The number of anilines is 2. The Balaban J connectivity index is 1.95. The van der Waals surface area contributed by atoms with Crippen LogP contribution < -0.4 is 10.9 Å². The Bertz CT molecular complexity index is 905. The molecule has 0 amide bonds. The number of nitrogens with one attached hydrogen (secondary N) is 1. The van der Waals surface area contributed by atoms with Gasteiger partial charge in [0.25, 0.3) is 5.56 Å². The molecule has 2 N–H and O–H groups in total. The van der Waals surface area contributed by atoms with Crippen molar-refractivity contribution < 1.29 is 27.5 Å². The quantitative estimate of drug-likeness (QED) is 0.828. The fourth-order valence-electron chi connectivity index (χ4n) is 2.82. The van der Waals surface area contributed by atoms with E-state index in [1.165, 1.54) is 10.6 Å². The lowest BCUT2D eigenvalue weighted by Crippen LogP contribution is -2.20. The minimum absolute atomic E-state index is 0.114. The van der Waals surface area contributed by atoms with E-state index in [1.54, 1.807) is 0 Å². The van der Waals surface area contributed by atoms with Crippen LogP contribution >= 0.6 is 0 Å². The van der Waals surface area contributed by atoms with Gasteiger partial charge in [0.1, 0.15) is 5.82 Å². The Kier molecular flexibility index (Phi) is 4.02. The second kappa shape index (κ2) is 5.91. The number of pyridine rings is 1. The lowest BCUT2D eigenvalue weighted by Gasteiger charge is -2.13. The number of fused-ring (bicyclic) bond motifs is 1. The van der Waals surface area contributed by atoms with Gasteiger partial charge in [0.15, 0.2) is 0 Å². The van der Waals surface area contributed by atoms with Crippen molar-refractivity contribution in [1.82, 2.24) is 4.57 Å². The van der Waals surface area contributed by atoms with Gasteiger partial charge in [-0.2, -0.15) is 13.2 Å². The topological polar surface area (TPSA) is 71.3 Å². The van der Waals surface area contributed by atoms with Crippen molar-refractivity contribution in [3.63, 3.8) is 0 Å². The van der Waals surface area contributed by atoms with E-state index in [0.29, 0.717) is 12.1 Å². The average Bonchev–Trinajstić information content (AvgIpc) is 2.93. The third-order valence-corrected chi connectivity index (χ3v) is 4.03. The van der Waals surface area contributed by atoms with Crippen molar-refractivity contribution in [1.29, 1.82) is 0 Å². The summed E-state index contributed by atoms with van der Waals surface area (Å²) < 4.78 is 52.9. The Morgan fingerprint density at radius 2 is 1.96 bits per heavy atom. The van der Waals surface area contributed by atoms with Crippen LogP contribution in [0.3, 0.4) is 0 Å². The van der Waals surface area contributed by atoms with E-state index in [9.17, 15) is 32.3 Å². The van der Waals surface area contributed by atoms with Crippen molar-refractivity contribution in [3.8, 4) is 0 Å². The number of carboxylic acids is 1. The summed E-state index contributed by atoms with van der Waals surface area (Å²) in [6, 6.07) is 4.51. The van der Waals surface area contributed by atoms with Crippen LogP contribution in [0.4, 0.5) is 28.9 Å². The normalized spacial score (nSPS) is 16.6. The molecule has 1 aromatic heterocycles. The van der Waals surface area contributed by atoms with Crippen LogP contribution in [0.25, 0.3) is 0 Å². The molecule has 0 saturated heterocycles. The fraction of sp³-hybridized carbons (Fsp3) is 0.250. The zero-order valence-corrected chi connectivity index (χ0v) is 12.6. The van der Waals surface area contributed by atoms with E-state index in [2.05, 4.69) is 5.32 Å². The molecule has 0 bridgehead atoms. The molecule has 1 aliphatic heterocycles. The number of aromatic nitrogens is 1. The standard InChI is InChI=1S/C16H12F4N2O3/c17-11-5-8(16(18,19)20)1-2-12(11)21-9-6-13-10(15(24)25)3-4-22(13)14(23)7-9/h1-2,5-7,10,21H,3-4H2,(H,24,25). The maximum absolute atomic E-state index is 13.9. The number of nitrogens with zero attached hydrogens (tertiary/aromatic N) is 1. The summed E-state index contributed by atoms with van der Waals surface area (Å²) in [7, 11) is 0. The molecular formula is C16H12F4N2O3. The average molecular weight is 356 g/mol. The molecular weight excluding hydrogens is 344 g/mol. The molecule has 1 atom stereocenters. The predicted molar refractivity (Wildman–Crippen MR) is 80.4 cm³/mol. The molecule has 0 fully saturated rings. The van der Waals surface area contributed by atoms with E-state index in [0.717, 1.165) is 12.1 Å². The maximum Gasteiger partial charge on any atom is 0.416 e. The van der Waals surface area contributed by atoms with Crippen molar-refractivity contribution in [3.05, 3.63) is 57.8 Å². The Morgan fingerprint density at radius 1 is 1.24 bits per heavy atom. The molecule has 0 aliphatic carbocycles. The largest absolute Gasteiger partial charge is 0.481 e. The van der Waals surface area contributed by atoms with Gasteiger partial charge in [-0.05, 0) is 30.7 Å². The molecule has 0 saturated carbocycles. The Hall–Kier alpha value is -2.84. The first-order chi connectivity index (χ1) is 11.7. The number of hydrogen-bond acceptors (Lipinski definition) is 3. The number of carbonyl (C=O) groups is 1. The third-order valence-electron chi connectivity index (χ3n) is 4.03. The number of alkyl halides is 3. The Morgan fingerprint density at radius 3 is 2.56 bits per heavy atom. The molecule has 0 radical (unpaired) electrons. The maximum atomic E-state index is 13.9. The van der Waals surface area contributed by atoms with Crippen molar-refractivity contribution >= 4 is 17.3 Å². The predicted octanol–water partition coefficient (Wildman–Crippen LogP) is 3.32. The number of aliphatic carboxylic acids is 1. The first-order valence-electron chi connectivity index (χ1n) is 7.28. The summed E-state index contributed by atoms with van der Waals surface area (Å²) in [5, 5.41) is 11.7. The highest BCUT2D eigenvalue weighted by Crippen LogP contribution is 2.33. The number of carboxylic acid groups (broad SMARTS) is 1. The number of benzene rings is 1. The van der Waals surface area contributed by atoms with E-state index in [1.807, 2.05) is 0 Å². The highest BCUT2D eigenvalue weighted by molar-refractivity contribution is 5.76. The van der Waals surface area contributed by atoms with E-state index < -0.39 is 35.0 Å². The van der Waals surface area contributed by atoms with E-state index >= 15 is 0 Å². The zero-order valence-electron chi connectivity index (χ0n) is 12.6. The number of halogens is 4. The van der Waals surface area contributed by atoms with Gasteiger partial charge in [0, 0.05) is 24.0 Å². The van der Waals surface area contributed by atoms with Crippen LogP contribution in [0.2, 0.25) is 0 Å². The molecule has 25 heavy (non-hydrogen) atoms. The van der Waals surface area contributed by atoms with Crippen LogP contribution in [-0.4, -0.2) is 15.6 Å². The number of hydrogen-bond donors (Lipinski definition) is 2. The molecule has 2 aromatic rings. The highest BCUT2D eigenvalue weighted by Gasteiger charge is 2.32. The molecule has 3 rings (SSSR count). The summed E-state index contributed by atoms with van der Waals surface area (Å²) in [6.07, 6.45) is -4.40. The molecule has 5 nitrogen and oxygen atoms in total. The summed E-state index contributed by atoms with van der Waals surface area (Å²) >= 11 is 0. The second-order valence-corrected chi connectivity index (χ2v) is 5.66. The van der Waals surface area contributed by atoms with Crippen molar-refractivity contribution in [2.24, 2.45) is 0 Å². The summed E-state index contributed by atoms with van der Waals surface area (Å²) in [6.45, 7) is 0.264. The lowest BCUT2D eigenvalue weighted by molar-refractivity contribution is -0.139. The fourth-order valence-corrected chi connectivity index (χ4v) is 2.82. The SMILES string of the molecule is O=C(O)C1CCn2c1cc(Nc1ccc(C(F)(F)F)cc1F)cc2=O. The van der Waals surface area contributed by atoms with Gasteiger partial charge in [-0.25, -0.2) is 4.39 Å². The minimum Gasteiger partial charge on any atom is -0.481 e. The van der Waals surface area contributed by atoms with Crippen LogP contribution in [0.5, 0.6) is 0 Å². The molecule has 2 heterocycles. The van der Waals surface area contributed by atoms with Gasteiger partial charge >= 0.3 is 12.1 Å². The van der Waals surface area contributed by atoms with Gasteiger partial charge in [-0.1, -0.05) is 0 Å². The third kappa shape index (κ3) is 3.21. The van der Waals surface area contributed by atoms with Gasteiger partial charge in [0.05, 0.1) is 17.2 Å². The van der Waals surface area contributed by atoms with Gasteiger partial charge in [-0.3, -0.25) is 9.59 Å². The molecule has 9 heteroatoms. The van der Waals surface area contributed by atoms with Crippen molar-refractivity contribution in [2.45, 2.75) is 25.1 Å². The second-order valence-electron chi connectivity index (χ2n) is 5.66. The molecule has 1 aliphatic rings. The molecule has 1 unspecified atom stereocenters. The van der Waals surface area contributed by atoms with Crippen LogP contribution in [0.1, 0.15) is 23.6 Å². The van der Waals surface area contributed by atoms with Gasteiger partial charge < -0.3 is 15.0 Å². The molecule has 1 aromatic carbocycles. The zero-order chi connectivity index (χ0) is 18.4. The van der Waals surface area contributed by atoms with Crippen LogP contribution in [0, 0.1) is 5.82 Å². The van der Waals surface area contributed by atoms with Crippen LogP contribution in [0.15, 0.2) is 35.1 Å². The Labute approximate surface area is 138 Å².